The monoisotopic (exact) mass is 859 g/mol. The number of rotatable bonds is 27. The molecule has 338 valence electrons. The molecule has 0 spiro atoms. The second-order valence-corrected chi connectivity index (χ2v) is 14.7. The molecule has 3 aromatic rings. The molecule has 1 aromatic carbocycles. The van der Waals surface area contributed by atoms with Crippen molar-refractivity contribution in [1.82, 2.24) is 24.9 Å². The van der Waals surface area contributed by atoms with Gasteiger partial charge in [0.05, 0.1) is 118 Å². The molecule has 6 bridgehead atoms. The van der Waals surface area contributed by atoms with E-state index in [1.165, 1.54) is 11.1 Å². The van der Waals surface area contributed by atoms with Crippen molar-refractivity contribution in [3.8, 4) is 11.5 Å². The predicted octanol–water partition coefficient (Wildman–Crippen LogP) is 6.47. The number of benzene rings is 1. The van der Waals surface area contributed by atoms with Gasteiger partial charge in [-0.1, -0.05) is 13.8 Å². The number of hydrogen-bond acceptors (Lipinski definition) is 14. The molecule has 2 aromatic heterocycles. The van der Waals surface area contributed by atoms with E-state index < -0.39 is 0 Å². The third kappa shape index (κ3) is 13.5. The van der Waals surface area contributed by atoms with E-state index >= 15 is 0 Å². The van der Waals surface area contributed by atoms with Crippen LogP contribution in [0.25, 0.3) is 44.4 Å². The first-order valence-corrected chi connectivity index (χ1v) is 21.8. The van der Waals surface area contributed by atoms with Gasteiger partial charge < -0.3 is 53.5 Å². The summed E-state index contributed by atoms with van der Waals surface area (Å²) in [6.07, 6.45) is 7.71. The summed E-state index contributed by atoms with van der Waals surface area (Å²) in [4.78, 5) is 24.0. The predicted molar refractivity (Wildman–Crippen MR) is 241 cm³/mol. The molecule has 0 amide bonds. The molecule has 0 atom stereocenters. The number of aliphatic hydroxyl groups is 3. The number of aromatic amines is 1. The van der Waals surface area contributed by atoms with E-state index in [0.29, 0.717) is 107 Å². The maximum atomic E-state index is 9.85. The number of hydrogen-bond donors (Lipinski definition) is 4. The lowest BCUT2D eigenvalue weighted by Gasteiger charge is -2.14. The topological polar surface area (TPSA) is 193 Å². The van der Waals surface area contributed by atoms with Gasteiger partial charge in [0, 0.05) is 38.0 Å². The lowest BCUT2D eigenvalue weighted by Crippen LogP contribution is -2.14. The third-order valence-corrected chi connectivity index (χ3v) is 10.6. The summed E-state index contributed by atoms with van der Waals surface area (Å²) >= 11 is 0. The van der Waals surface area contributed by atoms with Crippen LogP contribution in [0, 0.1) is 6.92 Å². The molecule has 4 heterocycles. The number of allylic oxidation sites excluding steroid dienone is 4. The Labute approximate surface area is 364 Å². The lowest BCUT2D eigenvalue weighted by atomic mass is 9.98. The highest BCUT2D eigenvalue weighted by Crippen LogP contribution is 2.38. The van der Waals surface area contributed by atoms with Gasteiger partial charge in [-0.05, 0) is 97.9 Å². The number of ether oxygens (including phenoxy) is 7. The molecule has 5 rings (SSSR count). The van der Waals surface area contributed by atoms with Crippen LogP contribution < -0.4 is 9.47 Å². The molecule has 15 nitrogen and oxygen atoms in total. The van der Waals surface area contributed by atoms with Crippen LogP contribution in [0.4, 0.5) is 0 Å². The van der Waals surface area contributed by atoms with Crippen LogP contribution in [0.1, 0.15) is 86.8 Å². The molecule has 0 saturated carbocycles. The second-order valence-electron chi connectivity index (χ2n) is 14.7. The minimum atomic E-state index is -0.0431. The van der Waals surface area contributed by atoms with E-state index in [-0.39, 0.29) is 39.6 Å². The summed E-state index contributed by atoms with van der Waals surface area (Å²) in [5.74, 6) is 0.905. The summed E-state index contributed by atoms with van der Waals surface area (Å²) in [6, 6.07) is 7.82. The van der Waals surface area contributed by atoms with Crippen molar-refractivity contribution in [2.75, 3.05) is 99.6 Å². The number of aromatic nitrogens is 5. The number of nitrogens with zero attached hydrogens (tertiary/aromatic N) is 4. The second kappa shape index (κ2) is 26.1. The minimum absolute atomic E-state index is 0.0431. The Bertz CT molecular complexity index is 2170. The summed E-state index contributed by atoms with van der Waals surface area (Å²) in [7, 11) is 1.63. The number of H-pyrrole nitrogens is 1. The zero-order valence-electron chi connectivity index (χ0n) is 37.1. The molecular formula is C47H65N5O10. The highest BCUT2D eigenvalue weighted by molar-refractivity contribution is 5.95. The zero-order valence-corrected chi connectivity index (χ0v) is 37.1. The molecule has 15 heteroatoms. The number of aryl methyl sites for hydroxylation is 2. The third-order valence-electron chi connectivity index (χ3n) is 10.6. The Kier molecular flexibility index (Phi) is 20.4. The van der Waals surface area contributed by atoms with E-state index in [1.807, 2.05) is 19.1 Å². The van der Waals surface area contributed by atoms with E-state index in [2.05, 4.69) is 37.9 Å². The van der Waals surface area contributed by atoms with Crippen LogP contribution in [0.3, 0.4) is 0 Å². The van der Waals surface area contributed by atoms with Crippen LogP contribution in [-0.4, -0.2) is 140 Å². The summed E-state index contributed by atoms with van der Waals surface area (Å²) in [5, 5.41) is 28.7. The highest BCUT2D eigenvalue weighted by Gasteiger charge is 2.22. The van der Waals surface area contributed by atoms with Crippen molar-refractivity contribution in [1.29, 1.82) is 0 Å². The average Bonchev–Trinajstić information content (AvgIpc) is 3.88. The first-order chi connectivity index (χ1) is 30.4. The SMILES string of the molecule is CCC1=C(CC)c2cc3[nH]c(cnc4cc(OCCOCCOCCO)c(OCCOCCOCCOC)cc4ncc4nc(cc1n2)C(CCCO)=C4C)c(C)c3CCCO. The van der Waals surface area contributed by atoms with Crippen molar-refractivity contribution in [2.24, 2.45) is 0 Å². The maximum absolute atomic E-state index is 9.85. The van der Waals surface area contributed by atoms with E-state index in [0.717, 1.165) is 63.2 Å². The fourth-order valence-electron chi connectivity index (χ4n) is 7.33. The first kappa shape index (κ1) is 48.5. The van der Waals surface area contributed by atoms with Gasteiger partial charge in [0.15, 0.2) is 11.5 Å². The molecule has 2 aliphatic rings. The lowest BCUT2D eigenvalue weighted by molar-refractivity contribution is 0.0172. The van der Waals surface area contributed by atoms with Crippen LogP contribution in [0.15, 0.2) is 36.7 Å². The van der Waals surface area contributed by atoms with Gasteiger partial charge in [0.2, 0.25) is 0 Å². The Morgan fingerprint density at radius 1 is 0.532 bits per heavy atom. The fraction of sp³-hybridized carbons (Fsp3) is 0.532. The normalized spacial score (nSPS) is 12.7. The van der Waals surface area contributed by atoms with Gasteiger partial charge >= 0.3 is 0 Å². The first-order valence-electron chi connectivity index (χ1n) is 21.8. The quantitative estimate of drug-likeness (QED) is 0.0610. The average molecular weight is 860 g/mol. The van der Waals surface area contributed by atoms with Crippen molar-refractivity contribution in [3.05, 3.63) is 70.6 Å². The summed E-state index contributed by atoms with van der Waals surface area (Å²) in [6.45, 7) is 12.4. The largest absolute Gasteiger partial charge is 0.487 e. The van der Waals surface area contributed by atoms with Gasteiger partial charge in [-0.2, -0.15) is 0 Å². The fourth-order valence-corrected chi connectivity index (χ4v) is 7.33. The highest BCUT2D eigenvalue weighted by atomic mass is 16.6. The summed E-state index contributed by atoms with van der Waals surface area (Å²) in [5.41, 5.74) is 12.6. The zero-order chi connectivity index (χ0) is 44.1. The van der Waals surface area contributed by atoms with Crippen LogP contribution >= 0.6 is 0 Å². The molecule has 0 aliphatic carbocycles. The van der Waals surface area contributed by atoms with Gasteiger partial charge in [0.1, 0.15) is 13.2 Å². The van der Waals surface area contributed by atoms with E-state index in [4.69, 9.17) is 58.2 Å². The maximum Gasteiger partial charge on any atom is 0.163 e. The smallest absolute Gasteiger partial charge is 0.163 e. The van der Waals surface area contributed by atoms with E-state index in [9.17, 15) is 10.2 Å². The Balaban J connectivity index is 1.67. The molecule has 0 radical (unpaired) electrons. The molecule has 2 aliphatic heterocycles. The van der Waals surface area contributed by atoms with Gasteiger partial charge in [0.25, 0.3) is 0 Å². The minimum Gasteiger partial charge on any atom is -0.487 e. The Morgan fingerprint density at radius 2 is 1.05 bits per heavy atom. The van der Waals surface area contributed by atoms with Crippen LogP contribution in [0.2, 0.25) is 0 Å². The van der Waals surface area contributed by atoms with E-state index in [1.54, 1.807) is 19.5 Å². The van der Waals surface area contributed by atoms with Gasteiger partial charge in [-0.3, -0.25) is 9.97 Å². The summed E-state index contributed by atoms with van der Waals surface area (Å²) < 4.78 is 39.9. The Hall–Kier alpha value is -4.58. The van der Waals surface area contributed by atoms with Crippen LogP contribution in [0.5, 0.6) is 11.5 Å². The van der Waals surface area contributed by atoms with Crippen molar-refractivity contribution in [3.63, 3.8) is 0 Å². The molecule has 0 unspecified atom stereocenters. The number of fused-ring (bicyclic) bond motifs is 7. The van der Waals surface area contributed by atoms with Gasteiger partial charge in [-0.25, -0.2) is 9.97 Å². The van der Waals surface area contributed by atoms with Gasteiger partial charge in [-0.15, -0.1) is 0 Å². The molecule has 4 N–H and O–H groups in total. The number of aliphatic hydroxyl groups excluding tert-OH is 3. The molecule has 0 fully saturated rings. The van der Waals surface area contributed by atoms with Crippen molar-refractivity contribution in [2.45, 2.75) is 66.2 Å². The Morgan fingerprint density at radius 3 is 1.63 bits per heavy atom. The molecular weight excluding hydrogens is 795 g/mol. The molecule has 62 heavy (non-hydrogen) atoms. The standard InChI is InChI=1S/C47H65N5O10/c1-6-34-35(7-2)39-27-41-37(11-9-13-54)33(4)45(52-41)31-49-43-29-47(62-25-23-60-21-20-58-17-16-56-5)46(61-24-22-59-19-18-57-15-14-55)28-42(43)48-30-44-32(3)36(10-8-12-53)40(51-44)26-38(34)50-39/h26-31,51,53-55H,6-25H2,1-5H3. The molecule has 0 saturated heterocycles. The van der Waals surface area contributed by atoms with Crippen LogP contribution in [-0.2, 0) is 30.1 Å². The van der Waals surface area contributed by atoms with Crippen molar-refractivity contribution < 1.29 is 48.5 Å². The van der Waals surface area contributed by atoms with Crippen molar-refractivity contribution >= 4 is 44.4 Å². The number of methoxy groups -OCH3 is 1. The number of nitrogens with one attached hydrogen (secondary N) is 1.